The van der Waals surface area contributed by atoms with Crippen LogP contribution in [0, 0.1) is 0 Å². The molecule has 0 spiro atoms. The van der Waals surface area contributed by atoms with Gasteiger partial charge in [-0.3, -0.25) is 4.79 Å². The lowest BCUT2D eigenvalue weighted by atomic mass is 9.80. The molecule has 4 nitrogen and oxygen atoms in total. The number of hydrogen-bond donors (Lipinski definition) is 1. The van der Waals surface area contributed by atoms with Crippen molar-refractivity contribution in [2.24, 2.45) is 0 Å². The van der Waals surface area contributed by atoms with E-state index in [1.165, 1.54) is 24.8 Å². The minimum atomic E-state index is -0.190. The summed E-state index contributed by atoms with van der Waals surface area (Å²) in [5.74, 6) is 1.34. The zero-order valence-corrected chi connectivity index (χ0v) is 21.0. The Balaban J connectivity index is 1.98. The highest BCUT2D eigenvalue weighted by Gasteiger charge is 2.23. The van der Waals surface area contributed by atoms with Gasteiger partial charge in [0.1, 0.15) is 11.5 Å². The summed E-state index contributed by atoms with van der Waals surface area (Å²) in [6.45, 7) is 15.9. The molecule has 0 fully saturated rings. The van der Waals surface area contributed by atoms with Crippen LogP contribution in [0.3, 0.4) is 0 Å². The number of rotatable bonds is 10. The number of unbranched alkanes of at least 4 members (excludes halogenated alkanes) is 3. The van der Waals surface area contributed by atoms with E-state index < -0.39 is 0 Å². The van der Waals surface area contributed by atoms with Gasteiger partial charge in [0.2, 0.25) is 0 Å². The molecule has 176 valence electrons. The van der Waals surface area contributed by atoms with Crippen LogP contribution in [-0.4, -0.2) is 19.1 Å². The van der Waals surface area contributed by atoms with Crippen LogP contribution in [0.1, 0.15) is 85.3 Å². The van der Waals surface area contributed by atoms with E-state index in [2.05, 4.69) is 65.9 Å². The zero-order valence-electron chi connectivity index (χ0n) is 21.0. The molecule has 0 aromatic heterocycles. The van der Waals surface area contributed by atoms with Crippen molar-refractivity contribution in [1.82, 2.24) is 0 Å². The summed E-state index contributed by atoms with van der Waals surface area (Å²) in [5.41, 5.74) is 3.04. The number of benzene rings is 2. The Kier molecular flexibility index (Phi) is 9.18. The number of anilines is 1. The lowest BCUT2D eigenvalue weighted by Crippen LogP contribution is -2.22. The minimum Gasteiger partial charge on any atom is -0.494 e. The normalized spacial score (nSPS) is 11.8. The Morgan fingerprint density at radius 2 is 1.62 bits per heavy atom. The van der Waals surface area contributed by atoms with Crippen molar-refractivity contribution in [3.63, 3.8) is 0 Å². The van der Waals surface area contributed by atoms with Crippen LogP contribution in [-0.2, 0) is 15.6 Å². The van der Waals surface area contributed by atoms with Crippen molar-refractivity contribution in [2.75, 3.05) is 18.5 Å². The highest BCUT2D eigenvalue weighted by atomic mass is 16.5. The summed E-state index contributed by atoms with van der Waals surface area (Å²) >= 11 is 0. The van der Waals surface area contributed by atoms with Gasteiger partial charge in [-0.05, 0) is 46.6 Å². The van der Waals surface area contributed by atoms with Crippen LogP contribution in [0.4, 0.5) is 5.69 Å². The van der Waals surface area contributed by atoms with Gasteiger partial charge in [0, 0.05) is 11.8 Å². The second kappa shape index (κ2) is 11.4. The Hall–Kier alpha value is -2.49. The van der Waals surface area contributed by atoms with E-state index in [9.17, 15) is 4.79 Å². The molecule has 0 bridgehead atoms. The first kappa shape index (κ1) is 25.8. The predicted octanol–water partition coefficient (Wildman–Crippen LogP) is 7.26. The SMILES string of the molecule is CCCCCCOc1cccc(NC(=O)COc2ccc(C(C)(C)C)cc2C(C)(C)C)c1. The molecule has 0 atom stereocenters. The van der Waals surface area contributed by atoms with E-state index in [0.29, 0.717) is 12.3 Å². The van der Waals surface area contributed by atoms with E-state index in [4.69, 9.17) is 9.47 Å². The maximum absolute atomic E-state index is 12.5. The number of amides is 1. The van der Waals surface area contributed by atoms with Crippen LogP contribution < -0.4 is 14.8 Å². The molecule has 0 aliphatic heterocycles. The lowest BCUT2D eigenvalue weighted by molar-refractivity contribution is -0.118. The molecule has 0 saturated heterocycles. The molecule has 4 heteroatoms. The standard InChI is InChI=1S/C28H41NO3/c1-8-9-10-11-17-31-23-14-12-13-22(19-23)29-26(30)20-32-25-16-15-21(27(2,3)4)18-24(25)28(5,6)7/h12-16,18-19H,8-11,17,20H2,1-7H3,(H,29,30). The average molecular weight is 440 g/mol. The van der Waals surface area contributed by atoms with Crippen molar-refractivity contribution in [3.8, 4) is 11.5 Å². The van der Waals surface area contributed by atoms with Gasteiger partial charge in [-0.2, -0.15) is 0 Å². The number of ether oxygens (including phenoxy) is 2. The third kappa shape index (κ3) is 8.22. The van der Waals surface area contributed by atoms with Gasteiger partial charge in [-0.1, -0.05) is 85.9 Å². The number of carbonyl (C=O) groups is 1. The highest BCUT2D eigenvalue weighted by molar-refractivity contribution is 5.92. The van der Waals surface area contributed by atoms with Crippen LogP contribution in [0.2, 0.25) is 0 Å². The summed E-state index contributed by atoms with van der Waals surface area (Å²) in [6, 6.07) is 13.8. The fourth-order valence-corrected chi connectivity index (χ4v) is 3.43. The molecular weight excluding hydrogens is 398 g/mol. The van der Waals surface area contributed by atoms with Crippen molar-refractivity contribution in [1.29, 1.82) is 0 Å². The number of nitrogens with one attached hydrogen (secondary N) is 1. The monoisotopic (exact) mass is 439 g/mol. The predicted molar refractivity (Wildman–Crippen MR) is 134 cm³/mol. The van der Waals surface area contributed by atoms with Crippen LogP contribution >= 0.6 is 0 Å². The van der Waals surface area contributed by atoms with Crippen molar-refractivity contribution < 1.29 is 14.3 Å². The maximum atomic E-state index is 12.5. The van der Waals surface area contributed by atoms with Gasteiger partial charge in [0.15, 0.2) is 6.61 Å². The quantitative estimate of drug-likeness (QED) is 0.396. The van der Waals surface area contributed by atoms with Gasteiger partial charge in [0.25, 0.3) is 5.91 Å². The summed E-state index contributed by atoms with van der Waals surface area (Å²) < 4.78 is 11.8. The molecule has 0 aliphatic carbocycles. The molecule has 32 heavy (non-hydrogen) atoms. The second-order valence-electron chi connectivity index (χ2n) is 10.5. The van der Waals surface area contributed by atoms with E-state index in [1.54, 1.807) is 0 Å². The highest BCUT2D eigenvalue weighted by Crippen LogP contribution is 2.35. The molecule has 0 heterocycles. The molecule has 2 aromatic rings. The van der Waals surface area contributed by atoms with Gasteiger partial charge in [-0.25, -0.2) is 0 Å². The maximum Gasteiger partial charge on any atom is 0.262 e. The first-order chi connectivity index (χ1) is 15.0. The summed E-state index contributed by atoms with van der Waals surface area (Å²) in [4.78, 5) is 12.5. The topological polar surface area (TPSA) is 47.6 Å². The lowest BCUT2D eigenvalue weighted by Gasteiger charge is -2.27. The molecule has 2 aromatic carbocycles. The molecule has 0 radical (unpaired) electrons. The first-order valence-electron chi connectivity index (χ1n) is 11.8. The Labute approximate surface area is 194 Å². The first-order valence-corrected chi connectivity index (χ1v) is 11.8. The number of carbonyl (C=O) groups excluding carboxylic acids is 1. The van der Waals surface area contributed by atoms with Crippen molar-refractivity contribution in [3.05, 3.63) is 53.6 Å². The van der Waals surface area contributed by atoms with Crippen molar-refractivity contribution in [2.45, 2.75) is 85.0 Å². The van der Waals surface area contributed by atoms with Crippen LogP contribution in [0.15, 0.2) is 42.5 Å². The van der Waals surface area contributed by atoms with E-state index in [1.807, 2.05) is 30.3 Å². The van der Waals surface area contributed by atoms with Gasteiger partial charge in [-0.15, -0.1) is 0 Å². The van der Waals surface area contributed by atoms with Gasteiger partial charge >= 0.3 is 0 Å². The van der Waals surface area contributed by atoms with E-state index >= 15 is 0 Å². The Bertz CT molecular complexity index is 875. The fourth-order valence-electron chi connectivity index (χ4n) is 3.43. The van der Waals surface area contributed by atoms with Gasteiger partial charge < -0.3 is 14.8 Å². The molecule has 1 N–H and O–H groups in total. The van der Waals surface area contributed by atoms with Crippen LogP contribution in [0.25, 0.3) is 0 Å². The minimum absolute atomic E-state index is 0.0416. The summed E-state index contributed by atoms with van der Waals surface area (Å²) in [6.07, 6.45) is 4.66. The van der Waals surface area contributed by atoms with Gasteiger partial charge in [0.05, 0.1) is 6.61 Å². The van der Waals surface area contributed by atoms with E-state index in [0.717, 1.165) is 23.5 Å². The molecule has 0 aliphatic rings. The number of hydrogen-bond acceptors (Lipinski definition) is 3. The zero-order chi connectivity index (χ0) is 23.8. The molecule has 1 amide bonds. The fraction of sp³-hybridized carbons (Fsp3) is 0.536. The summed E-state index contributed by atoms with van der Waals surface area (Å²) in [7, 11) is 0. The molecular formula is C28H41NO3. The molecule has 0 unspecified atom stereocenters. The third-order valence-electron chi connectivity index (χ3n) is 5.40. The van der Waals surface area contributed by atoms with E-state index in [-0.39, 0.29) is 23.3 Å². The smallest absolute Gasteiger partial charge is 0.262 e. The summed E-state index contributed by atoms with van der Waals surface area (Å²) in [5, 5.41) is 2.91. The van der Waals surface area contributed by atoms with Crippen LogP contribution in [0.5, 0.6) is 11.5 Å². The largest absolute Gasteiger partial charge is 0.494 e. The Morgan fingerprint density at radius 1 is 0.875 bits per heavy atom. The average Bonchev–Trinajstić information content (AvgIpc) is 2.71. The third-order valence-corrected chi connectivity index (χ3v) is 5.40. The molecule has 0 saturated carbocycles. The Morgan fingerprint density at radius 3 is 2.28 bits per heavy atom. The second-order valence-corrected chi connectivity index (χ2v) is 10.5. The molecule has 2 rings (SSSR count). The van der Waals surface area contributed by atoms with Crippen molar-refractivity contribution >= 4 is 11.6 Å².